The molecule has 0 atom stereocenters. The van der Waals surface area contributed by atoms with E-state index in [9.17, 15) is 9.59 Å². The van der Waals surface area contributed by atoms with Crippen molar-refractivity contribution in [1.29, 1.82) is 0 Å². The van der Waals surface area contributed by atoms with Gasteiger partial charge in [0.15, 0.2) is 5.13 Å². The first-order chi connectivity index (χ1) is 11.6. The number of thiazole rings is 1. The largest absolute Gasteiger partial charge is 0.453 e. The van der Waals surface area contributed by atoms with Gasteiger partial charge in [0.2, 0.25) is 5.91 Å². The third-order valence-corrected chi connectivity index (χ3v) is 5.14. The molecule has 1 N–H and O–H groups in total. The van der Waals surface area contributed by atoms with Crippen molar-refractivity contribution in [2.45, 2.75) is 19.4 Å². The first-order valence-electron chi connectivity index (χ1n) is 7.41. The molecule has 8 heteroatoms. The molecule has 2 heterocycles. The van der Waals surface area contributed by atoms with E-state index in [2.05, 4.69) is 15.0 Å². The van der Waals surface area contributed by atoms with Crippen LogP contribution in [-0.2, 0) is 28.9 Å². The highest BCUT2D eigenvalue weighted by Gasteiger charge is 2.25. The van der Waals surface area contributed by atoms with Gasteiger partial charge < -0.3 is 9.64 Å². The monoisotopic (exact) mass is 365 g/mol. The molecule has 1 aliphatic heterocycles. The molecule has 0 radical (unpaired) electrons. The average molecular weight is 366 g/mol. The Kier molecular flexibility index (Phi) is 5.01. The van der Waals surface area contributed by atoms with E-state index in [4.69, 9.17) is 11.6 Å². The van der Waals surface area contributed by atoms with Crippen molar-refractivity contribution < 1.29 is 14.3 Å². The molecule has 3 rings (SSSR count). The Bertz CT molecular complexity index is 778. The minimum absolute atomic E-state index is 0.0321. The first kappa shape index (κ1) is 16.7. The summed E-state index contributed by atoms with van der Waals surface area (Å²) in [4.78, 5) is 30.9. The lowest BCUT2D eigenvalue weighted by Crippen LogP contribution is -2.36. The predicted molar refractivity (Wildman–Crippen MR) is 92.4 cm³/mol. The normalized spacial score (nSPS) is 13.3. The fourth-order valence-corrected chi connectivity index (χ4v) is 3.73. The number of nitrogens with zero attached hydrogens (tertiary/aromatic N) is 2. The average Bonchev–Trinajstić information content (AvgIpc) is 2.97. The Morgan fingerprint density at radius 1 is 1.42 bits per heavy atom. The fraction of sp³-hybridized carbons (Fsp3) is 0.312. The lowest BCUT2D eigenvalue weighted by molar-refractivity contribution is -0.131. The van der Waals surface area contributed by atoms with E-state index in [0.29, 0.717) is 29.7 Å². The molecule has 1 aromatic heterocycles. The number of ether oxygens (including phenoxy) is 1. The molecule has 0 saturated heterocycles. The van der Waals surface area contributed by atoms with Gasteiger partial charge in [-0.3, -0.25) is 10.1 Å². The molecule has 0 bridgehead atoms. The molecular weight excluding hydrogens is 350 g/mol. The van der Waals surface area contributed by atoms with Crippen molar-refractivity contribution in [3.8, 4) is 0 Å². The summed E-state index contributed by atoms with van der Waals surface area (Å²) in [5.74, 6) is 0.0321. The lowest BCUT2D eigenvalue weighted by Gasteiger charge is -2.26. The summed E-state index contributed by atoms with van der Waals surface area (Å²) in [6, 6.07) is 7.36. The van der Waals surface area contributed by atoms with E-state index in [1.165, 1.54) is 18.4 Å². The Morgan fingerprint density at radius 3 is 2.96 bits per heavy atom. The van der Waals surface area contributed by atoms with Crippen LogP contribution in [0.1, 0.15) is 16.1 Å². The van der Waals surface area contributed by atoms with E-state index in [-0.39, 0.29) is 12.3 Å². The predicted octanol–water partition coefficient (Wildman–Crippen LogP) is 3.10. The third-order valence-electron chi connectivity index (χ3n) is 3.78. The second-order valence-electron chi connectivity index (χ2n) is 5.34. The summed E-state index contributed by atoms with van der Waals surface area (Å²) in [6.45, 7) is 1.11. The summed E-state index contributed by atoms with van der Waals surface area (Å²) in [5, 5.41) is 3.66. The Labute approximate surface area is 148 Å². The standard InChI is InChI=1S/C16H16ClN3O3S/c1-23-16(22)19-15-18-12-6-7-20(9-13(12)24-15)14(21)8-10-4-2-3-5-11(10)17/h2-5H,6-9H2,1H3,(H,18,19,22). The smallest absolute Gasteiger partial charge is 0.413 e. The van der Waals surface area contributed by atoms with Gasteiger partial charge in [0.05, 0.1) is 25.8 Å². The van der Waals surface area contributed by atoms with Crippen molar-refractivity contribution >= 4 is 40.1 Å². The fourth-order valence-electron chi connectivity index (χ4n) is 2.52. The molecule has 1 aromatic carbocycles. The minimum atomic E-state index is -0.548. The molecule has 24 heavy (non-hydrogen) atoms. The van der Waals surface area contributed by atoms with Crippen LogP contribution in [0.25, 0.3) is 0 Å². The van der Waals surface area contributed by atoms with Crippen LogP contribution in [0.2, 0.25) is 5.02 Å². The van der Waals surface area contributed by atoms with Crippen molar-refractivity contribution in [3.63, 3.8) is 0 Å². The Morgan fingerprint density at radius 2 is 2.21 bits per heavy atom. The summed E-state index contributed by atoms with van der Waals surface area (Å²) >= 11 is 7.49. The number of fused-ring (bicyclic) bond motifs is 1. The Hall–Kier alpha value is -2.12. The number of rotatable bonds is 3. The van der Waals surface area contributed by atoms with Crippen molar-refractivity contribution in [2.75, 3.05) is 19.0 Å². The third kappa shape index (κ3) is 3.68. The van der Waals surface area contributed by atoms with E-state index in [0.717, 1.165) is 16.1 Å². The summed E-state index contributed by atoms with van der Waals surface area (Å²) in [5.41, 5.74) is 1.75. The molecule has 0 saturated carbocycles. The highest BCUT2D eigenvalue weighted by atomic mass is 35.5. The SMILES string of the molecule is COC(=O)Nc1nc2c(s1)CN(C(=O)Cc1ccccc1Cl)CC2. The number of methoxy groups -OCH3 is 1. The maximum absolute atomic E-state index is 12.5. The van der Waals surface area contributed by atoms with Gasteiger partial charge in [0.25, 0.3) is 0 Å². The van der Waals surface area contributed by atoms with E-state index >= 15 is 0 Å². The quantitative estimate of drug-likeness (QED) is 0.907. The lowest BCUT2D eigenvalue weighted by atomic mass is 10.1. The number of carbonyl (C=O) groups is 2. The maximum Gasteiger partial charge on any atom is 0.413 e. The second-order valence-corrected chi connectivity index (χ2v) is 6.83. The van der Waals surface area contributed by atoms with Gasteiger partial charge in [0.1, 0.15) is 0 Å². The van der Waals surface area contributed by atoms with Gasteiger partial charge in [-0.2, -0.15) is 0 Å². The van der Waals surface area contributed by atoms with Crippen molar-refractivity contribution in [3.05, 3.63) is 45.4 Å². The number of hydrogen-bond acceptors (Lipinski definition) is 5. The van der Waals surface area contributed by atoms with Gasteiger partial charge >= 0.3 is 6.09 Å². The molecular formula is C16H16ClN3O3S. The number of hydrogen-bond donors (Lipinski definition) is 1. The van der Waals surface area contributed by atoms with Crippen LogP contribution in [0, 0.1) is 0 Å². The molecule has 0 unspecified atom stereocenters. The van der Waals surface area contributed by atoms with Crippen molar-refractivity contribution in [1.82, 2.24) is 9.88 Å². The number of carbonyl (C=O) groups excluding carboxylic acids is 2. The van der Waals surface area contributed by atoms with Crippen LogP contribution < -0.4 is 5.32 Å². The summed E-state index contributed by atoms with van der Waals surface area (Å²) < 4.78 is 4.56. The molecule has 2 aromatic rings. The molecule has 2 amide bonds. The van der Waals surface area contributed by atoms with Gasteiger partial charge in [-0.25, -0.2) is 9.78 Å². The zero-order valence-corrected chi connectivity index (χ0v) is 14.6. The molecule has 6 nitrogen and oxygen atoms in total. The number of benzene rings is 1. The zero-order chi connectivity index (χ0) is 17.1. The van der Waals surface area contributed by atoms with Gasteiger partial charge in [-0.15, -0.1) is 0 Å². The van der Waals surface area contributed by atoms with Crippen LogP contribution in [0.3, 0.4) is 0 Å². The van der Waals surface area contributed by atoms with Crippen LogP contribution in [-0.4, -0.2) is 35.5 Å². The van der Waals surface area contributed by atoms with Crippen LogP contribution in [0.5, 0.6) is 0 Å². The number of nitrogens with one attached hydrogen (secondary N) is 1. The molecule has 0 spiro atoms. The van der Waals surface area contributed by atoms with Crippen molar-refractivity contribution in [2.24, 2.45) is 0 Å². The van der Waals surface area contributed by atoms with E-state index < -0.39 is 6.09 Å². The minimum Gasteiger partial charge on any atom is -0.453 e. The zero-order valence-electron chi connectivity index (χ0n) is 13.0. The highest BCUT2D eigenvalue weighted by Crippen LogP contribution is 2.29. The molecule has 0 fully saturated rings. The van der Waals surface area contributed by atoms with E-state index in [1.54, 1.807) is 11.0 Å². The maximum atomic E-state index is 12.5. The van der Waals surface area contributed by atoms with Crippen LogP contribution in [0.15, 0.2) is 24.3 Å². The summed E-state index contributed by atoms with van der Waals surface area (Å²) in [6.07, 6.45) is 0.400. The highest BCUT2D eigenvalue weighted by molar-refractivity contribution is 7.15. The van der Waals surface area contributed by atoms with Crippen LogP contribution in [0.4, 0.5) is 9.93 Å². The Balaban J connectivity index is 1.67. The number of anilines is 1. The first-order valence-corrected chi connectivity index (χ1v) is 8.61. The number of aromatic nitrogens is 1. The number of halogens is 1. The number of amides is 2. The van der Waals surface area contributed by atoms with Gasteiger partial charge in [-0.1, -0.05) is 41.1 Å². The van der Waals surface area contributed by atoms with Gasteiger partial charge in [-0.05, 0) is 11.6 Å². The topological polar surface area (TPSA) is 71.5 Å². The van der Waals surface area contributed by atoms with Crippen LogP contribution >= 0.6 is 22.9 Å². The van der Waals surface area contributed by atoms with E-state index in [1.807, 2.05) is 18.2 Å². The molecule has 0 aliphatic carbocycles. The summed E-state index contributed by atoms with van der Waals surface area (Å²) in [7, 11) is 1.30. The van der Waals surface area contributed by atoms with Gasteiger partial charge in [0, 0.05) is 22.9 Å². The molecule has 126 valence electrons. The molecule has 1 aliphatic rings. The second kappa shape index (κ2) is 7.19.